The zero-order chi connectivity index (χ0) is 54.3. The number of ether oxygens (including phenoxy) is 1. The van der Waals surface area contributed by atoms with E-state index < -0.39 is 19.9 Å². The third-order valence-corrected chi connectivity index (χ3v) is 12.0. The Morgan fingerprint density at radius 3 is 0.972 bits per heavy atom. The molecule has 2 N–H and O–H groups in total. The maximum atomic E-state index is 12.1. The zero-order valence-electron chi connectivity index (χ0n) is 43.0. The zero-order valence-corrected chi connectivity index (χ0v) is 46.2. The van der Waals surface area contributed by atoms with Gasteiger partial charge in [-0.25, -0.2) is 26.4 Å². The summed E-state index contributed by atoms with van der Waals surface area (Å²) in [6.07, 6.45) is 1.21. The number of carbonyl (C=O) groups excluding carboxylic acids is 1. The molecule has 0 atom stereocenters. The fraction of sp³-hybridized carbons (Fsp3) is 0.183. The van der Waals surface area contributed by atoms with Crippen LogP contribution in [-0.2, 0) is 19.9 Å². The summed E-state index contributed by atoms with van der Waals surface area (Å²) in [5.74, 6) is 0.813. The van der Waals surface area contributed by atoms with Gasteiger partial charge in [-0.05, 0) is 147 Å². The van der Waals surface area contributed by atoms with E-state index in [0.717, 1.165) is 27.5 Å². The van der Waals surface area contributed by atoms with E-state index in [1.165, 1.54) is 65.3 Å². The van der Waals surface area contributed by atoms with E-state index in [-0.39, 0.29) is 16.5 Å². The minimum Gasteiger partial charge on any atom is -0.497 e. The maximum Gasteiger partial charge on any atom is 0.238 e. The van der Waals surface area contributed by atoms with Crippen LogP contribution in [0.2, 0.25) is 10.0 Å². The van der Waals surface area contributed by atoms with Crippen molar-refractivity contribution in [2.24, 2.45) is 5.14 Å². The molecule has 0 heterocycles. The van der Waals surface area contributed by atoms with E-state index >= 15 is 0 Å². The number of methoxy groups -OCH3 is 1. The average molecular weight is 1050 g/mol. The number of benzene rings is 8. The molecule has 0 aliphatic rings. The first-order valence-electron chi connectivity index (χ1n) is 22.5. The lowest BCUT2D eigenvalue weighted by atomic mass is 10.2. The molecule has 0 unspecified atom stereocenters. The van der Waals surface area contributed by atoms with Crippen molar-refractivity contribution >= 4 is 48.8 Å². The van der Waals surface area contributed by atoms with Gasteiger partial charge in [0, 0.05) is 21.9 Å². The highest BCUT2D eigenvalue weighted by molar-refractivity contribution is 7.90. The van der Waals surface area contributed by atoms with Gasteiger partial charge in [-0.1, -0.05) is 183 Å². The summed E-state index contributed by atoms with van der Waals surface area (Å²) in [5, 5.41) is 6.34. The number of ketones is 1. The number of nitrogens with two attached hydrogens (primary N) is 1. The number of sulfonamides is 1. The number of rotatable bonds is 4. The summed E-state index contributed by atoms with van der Waals surface area (Å²) >= 11 is 11.2. The van der Waals surface area contributed by atoms with Crippen molar-refractivity contribution in [1.82, 2.24) is 0 Å². The highest BCUT2D eigenvalue weighted by Gasteiger charge is 2.05. The normalized spacial score (nSPS) is 9.88. The number of halogens is 3. The topological polar surface area (TPSA) is 121 Å². The van der Waals surface area contributed by atoms with Crippen LogP contribution in [0.5, 0.6) is 5.75 Å². The van der Waals surface area contributed by atoms with Crippen molar-refractivity contribution in [1.29, 1.82) is 0 Å². The Bertz CT molecular complexity index is 2720. The quantitative estimate of drug-likeness (QED) is 0.175. The molecule has 0 aromatic heterocycles. The fourth-order valence-corrected chi connectivity index (χ4v) is 6.51. The molecule has 0 fully saturated rings. The minimum absolute atomic E-state index is 0.0664. The number of hydrogen-bond donors (Lipinski definition) is 1. The number of primary sulfonamides is 1. The van der Waals surface area contributed by atoms with Crippen molar-refractivity contribution in [3.05, 3.63) is 266 Å². The van der Waals surface area contributed by atoms with E-state index in [1.807, 2.05) is 94.4 Å². The van der Waals surface area contributed by atoms with Crippen molar-refractivity contribution in [2.45, 2.75) is 72.1 Å². The summed E-state index contributed by atoms with van der Waals surface area (Å²) in [5.41, 5.74) is 10.4. The van der Waals surface area contributed by atoms with E-state index in [9.17, 15) is 26.0 Å². The molecule has 0 aliphatic heterocycles. The van der Waals surface area contributed by atoms with Gasteiger partial charge in [0.05, 0.1) is 16.9 Å². The maximum absolute atomic E-state index is 12.1. The molecular weight excluding hydrogens is 985 g/mol. The number of sulfone groups is 1. The molecule has 0 bridgehead atoms. The third-order valence-electron chi connectivity index (χ3n) is 9.49. The Balaban J connectivity index is 0.000000413. The fourth-order valence-electron chi connectivity index (χ4n) is 5.11. The Hall–Kier alpha value is -6.40. The van der Waals surface area contributed by atoms with Gasteiger partial charge in [-0.3, -0.25) is 4.79 Å². The molecular formula is C60H68Cl2FNO6S2. The number of aryl methyl sites for hydroxylation is 8. The van der Waals surface area contributed by atoms with Crippen LogP contribution in [0, 0.1) is 61.2 Å². The average Bonchev–Trinajstić information content (AvgIpc) is 3.34. The number of carbonyl (C=O) groups is 1. The van der Waals surface area contributed by atoms with Gasteiger partial charge in [0.25, 0.3) is 0 Å². The second kappa shape index (κ2) is 34.1. The van der Waals surface area contributed by atoms with E-state index in [2.05, 4.69) is 64.1 Å². The van der Waals surface area contributed by atoms with Gasteiger partial charge < -0.3 is 4.74 Å². The van der Waals surface area contributed by atoms with Crippen molar-refractivity contribution in [3.63, 3.8) is 0 Å². The molecule has 12 heteroatoms. The molecule has 0 saturated carbocycles. The summed E-state index contributed by atoms with van der Waals surface area (Å²) in [4.78, 5) is 11.2. The van der Waals surface area contributed by atoms with E-state index in [0.29, 0.717) is 15.5 Å². The predicted octanol–water partition coefficient (Wildman–Crippen LogP) is 15.7. The largest absolute Gasteiger partial charge is 0.497 e. The molecule has 0 spiro atoms. The van der Waals surface area contributed by atoms with Crippen molar-refractivity contribution < 1.29 is 30.8 Å². The van der Waals surface area contributed by atoms with E-state index in [1.54, 1.807) is 79.9 Å². The van der Waals surface area contributed by atoms with Crippen LogP contribution in [0.1, 0.15) is 61.8 Å². The molecule has 382 valence electrons. The first kappa shape index (κ1) is 63.6. The molecule has 0 amide bonds. The van der Waals surface area contributed by atoms with Crippen molar-refractivity contribution in [2.75, 3.05) is 13.4 Å². The number of Topliss-reactive ketones (excluding diaryl/α,β-unsaturated/α-hetero) is 1. The van der Waals surface area contributed by atoms with Crippen molar-refractivity contribution in [3.8, 4) is 5.75 Å². The molecule has 8 aromatic carbocycles. The number of hydrogen-bond acceptors (Lipinski definition) is 6. The summed E-state index contributed by atoms with van der Waals surface area (Å²) in [7, 11) is -4.87. The molecule has 8 aromatic rings. The molecule has 8 rings (SSSR count). The van der Waals surface area contributed by atoms with Crippen LogP contribution in [0.25, 0.3) is 0 Å². The van der Waals surface area contributed by atoms with Crippen LogP contribution in [0.4, 0.5) is 4.39 Å². The van der Waals surface area contributed by atoms with Crippen LogP contribution >= 0.6 is 23.2 Å². The smallest absolute Gasteiger partial charge is 0.238 e. The van der Waals surface area contributed by atoms with Gasteiger partial charge in [0.2, 0.25) is 10.0 Å². The third kappa shape index (κ3) is 31.0. The van der Waals surface area contributed by atoms with Crippen LogP contribution in [-0.4, -0.2) is 36.0 Å². The lowest BCUT2D eigenvalue weighted by molar-refractivity contribution is 0.101. The van der Waals surface area contributed by atoms with Crippen LogP contribution < -0.4 is 9.88 Å². The van der Waals surface area contributed by atoms with Gasteiger partial charge in [0.1, 0.15) is 11.6 Å². The SMILES string of the molecule is CC(=O)c1ccc(Cl)cc1.COc1ccc(C)cc1.Cc1ccc(C)cc1.Cc1ccc(Cl)cc1.Cc1ccc(F)cc1.Cc1ccc(S(C)(=O)=O)cc1.Cc1ccc(S(N)(=O)=O)cc1.Cc1ccccc1. The van der Waals surface area contributed by atoms with Gasteiger partial charge in [0.15, 0.2) is 15.6 Å². The first-order chi connectivity index (χ1) is 33.8. The molecule has 7 nitrogen and oxygen atoms in total. The molecule has 0 radical (unpaired) electrons. The van der Waals surface area contributed by atoms with Gasteiger partial charge in [-0.2, -0.15) is 0 Å². The Morgan fingerprint density at radius 1 is 0.431 bits per heavy atom. The second-order valence-corrected chi connectivity index (χ2v) is 20.9. The highest BCUT2D eigenvalue weighted by atomic mass is 35.5. The van der Waals surface area contributed by atoms with Gasteiger partial charge in [-0.15, -0.1) is 0 Å². The molecule has 0 aliphatic carbocycles. The molecule has 0 saturated heterocycles. The van der Waals surface area contributed by atoms with Crippen LogP contribution in [0.3, 0.4) is 0 Å². The minimum atomic E-state index is -3.52. The first-order valence-corrected chi connectivity index (χ1v) is 26.7. The summed E-state index contributed by atoms with van der Waals surface area (Å²) in [6.45, 7) is 17.6. The lowest BCUT2D eigenvalue weighted by Crippen LogP contribution is -2.11. The monoisotopic (exact) mass is 1050 g/mol. The predicted molar refractivity (Wildman–Crippen MR) is 300 cm³/mol. The van der Waals surface area contributed by atoms with E-state index in [4.69, 9.17) is 33.1 Å². The van der Waals surface area contributed by atoms with Gasteiger partial charge >= 0.3 is 0 Å². The standard InChI is InChI=1S/C8H7ClO.C8H10O2S.C8H10O.C8H10.C7H7Cl.C7H7F.C7H9NO2S.C7H8/c1-6(10)7-2-4-8(9)5-3-7;1-7-3-5-8(6-4-7)11(2,9)10;1-7-3-5-8(9-2)6-4-7;1-7-3-5-8(2)6-4-7;2*1-6-2-4-7(8)5-3-6;1-6-2-4-7(5-3-6)11(8,9)10;1-7-5-3-2-4-6-7/h2-5H,1H3;3-6H,1-2H3;3-6H,1-2H3;3-6H,1-2H3;2*2-5H,1H3;2-5H,1H3,(H2,8,9,10);2-6H,1H3. The second-order valence-electron chi connectivity index (χ2n) is 16.4. The highest BCUT2D eigenvalue weighted by Crippen LogP contribution is 2.12. The summed E-state index contributed by atoms with van der Waals surface area (Å²) < 4.78 is 60.4. The lowest BCUT2D eigenvalue weighted by Gasteiger charge is -1.97. The Kier molecular flexibility index (Phi) is 30.1. The Labute approximate surface area is 439 Å². The summed E-state index contributed by atoms with van der Waals surface area (Å²) in [6, 6.07) is 60.9. The van der Waals surface area contributed by atoms with Crippen LogP contribution in [0.15, 0.2) is 210 Å². The molecule has 72 heavy (non-hydrogen) atoms. The Morgan fingerprint density at radius 2 is 0.708 bits per heavy atom.